The zero-order chi connectivity index (χ0) is 11.0. The van der Waals surface area contributed by atoms with Crippen LogP contribution >= 0.6 is 15.9 Å². The van der Waals surface area contributed by atoms with Gasteiger partial charge in [0.2, 0.25) is 5.91 Å². The van der Waals surface area contributed by atoms with E-state index in [4.69, 9.17) is 4.74 Å². The molecule has 0 rings (SSSR count). The lowest BCUT2D eigenvalue weighted by molar-refractivity contribution is -0.125. The normalized spacial score (nSPS) is 12.9. The van der Waals surface area contributed by atoms with Crippen LogP contribution in [0.5, 0.6) is 0 Å². The van der Waals surface area contributed by atoms with Crippen LogP contribution in [0.25, 0.3) is 0 Å². The number of amides is 1. The van der Waals surface area contributed by atoms with E-state index in [0.717, 1.165) is 5.33 Å². The summed E-state index contributed by atoms with van der Waals surface area (Å²) in [6.45, 7) is 7.91. The fourth-order valence-electron chi connectivity index (χ4n) is 0.867. The number of alkyl halides is 1. The smallest absolute Gasteiger partial charge is 0.223 e. The van der Waals surface area contributed by atoms with Crippen molar-refractivity contribution in [2.24, 2.45) is 11.8 Å². The highest BCUT2D eigenvalue weighted by atomic mass is 79.9. The molecule has 0 aliphatic carbocycles. The van der Waals surface area contributed by atoms with E-state index >= 15 is 0 Å². The second-order valence-electron chi connectivity index (χ2n) is 3.63. The van der Waals surface area contributed by atoms with E-state index in [0.29, 0.717) is 25.7 Å². The Labute approximate surface area is 94.7 Å². The molecule has 0 fully saturated rings. The number of halogens is 1. The van der Waals surface area contributed by atoms with Gasteiger partial charge in [-0.2, -0.15) is 0 Å². The molecule has 4 heteroatoms. The van der Waals surface area contributed by atoms with Crippen molar-refractivity contribution < 1.29 is 9.53 Å². The standard InChI is InChI=1S/C10H20BrNO2/c1-8(2)9(3)10(13)12-5-7-14-6-4-11/h8-9H,4-7H2,1-3H3,(H,12,13). The predicted octanol–water partition coefficient (Wildman–Crippen LogP) is 1.81. The first-order valence-electron chi connectivity index (χ1n) is 5.01. The predicted molar refractivity (Wildman–Crippen MR) is 61.6 cm³/mol. The molecular weight excluding hydrogens is 246 g/mol. The fourth-order valence-corrected chi connectivity index (χ4v) is 1.10. The van der Waals surface area contributed by atoms with Crippen LogP contribution in [0.4, 0.5) is 0 Å². The summed E-state index contributed by atoms with van der Waals surface area (Å²) in [5.74, 6) is 0.576. The van der Waals surface area contributed by atoms with Gasteiger partial charge < -0.3 is 10.1 Å². The number of hydrogen-bond donors (Lipinski definition) is 1. The minimum absolute atomic E-state index is 0.0752. The number of carbonyl (C=O) groups excluding carboxylic acids is 1. The summed E-state index contributed by atoms with van der Waals surface area (Å²) in [7, 11) is 0. The molecule has 0 aliphatic rings. The molecule has 84 valence electrons. The van der Waals surface area contributed by atoms with Crippen LogP contribution in [0.1, 0.15) is 20.8 Å². The third kappa shape index (κ3) is 6.38. The lowest BCUT2D eigenvalue weighted by Crippen LogP contribution is -2.34. The molecule has 0 heterocycles. The monoisotopic (exact) mass is 265 g/mol. The lowest BCUT2D eigenvalue weighted by Gasteiger charge is -2.15. The molecule has 0 saturated carbocycles. The van der Waals surface area contributed by atoms with Gasteiger partial charge in [-0.05, 0) is 5.92 Å². The maximum Gasteiger partial charge on any atom is 0.223 e. The molecule has 0 radical (unpaired) electrons. The van der Waals surface area contributed by atoms with E-state index in [-0.39, 0.29) is 11.8 Å². The van der Waals surface area contributed by atoms with Crippen LogP contribution in [0, 0.1) is 11.8 Å². The highest BCUT2D eigenvalue weighted by Crippen LogP contribution is 2.08. The summed E-state index contributed by atoms with van der Waals surface area (Å²) in [4.78, 5) is 11.4. The molecule has 3 nitrogen and oxygen atoms in total. The molecule has 0 saturated heterocycles. The second kappa shape index (κ2) is 8.24. The van der Waals surface area contributed by atoms with Crippen molar-refractivity contribution in [2.75, 3.05) is 25.1 Å². The Kier molecular flexibility index (Phi) is 8.18. The van der Waals surface area contributed by atoms with Gasteiger partial charge in [-0.3, -0.25) is 4.79 Å². The van der Waals surface area contributed by atoms with E-state index < -0.39 is 0 Å². The van der Waals surface area contributed by atoms with Crippen molar-refractivity contribution in [3.63, 3.8) is 0 Å². The van der Waals surface area contributed by atoms with Crippen LogP contribution < -0.4 is 5.32 Å². The summed E-state index contributed by atoms with van der Waals surface area (Å²) >= 11 is 3.26. The van der Waals surface area contributed by atoms with E-state index in [1.807, 2.05) is 20.8 Å². The molecule has 0 aromatic heterocycles. The SMILES string of the molecule is CC(C)C(C)C(=O)NCCOCCBr. The molecule has 14 heavy (non-hydrogen) atoms. The van der Waals surface area contributed by atoms with Gasteiger partial charge in [-0.1, -0.05) is 36.7 Å². The Bertz CT molecular complexity index is 162. The van der Waals surface area contributed by atoms with Gasteiger partial charge in [0.05, 0.1) is 13.2 Å². The number of ether oxygens (including phenoxy) is 1. The first-order chi connectivity index (χ1) is 6.59. The number of hydrogen-bond acceptors (Lipinski definition) is 2. The number of nitrogens with one attached hydrogen (secondary N) is 1. The van der Waals surface area contributed by atoms with Crippen LogP contribution in [0.2, 0.25) is 0 Å². The van der Waals surface area contributed by atoms with Crippen molar-refractivity contribution >= 4 is 21.8 Å². The van der Waals surface area contributed by atoms with Crippen molar-refractivity contribution in [3.05, 3.63) is 0 Å². The van der Waals surface area contributed by atoms with Gasteiger partial charge in [-0.25, -0.2) is 0 Å². The van der Waals surface area contributed by atoms with Gasteiger partial charge >= 0.3 is 0 Å². The Morgan fingerprint density at radius 3 is 2.50 bits per heavy atom. The first-order valence-corrected chi connectivity index (χ1v) is 6.13. The summed E-state index contributed by atoms with van der Waals surface area (Å²) in [6, 6.07) is 0. The molecule has 1 unspecified atom stereocenters. The van der Waals surface area contributed by atoms with Crippen LogP contribution in [0.3, 0.4) is 0 Å². The zero-order valence-corrected chi connectivity index (χ0v) is 10.8. The third-order valence-corrected chi connectivity index (χ3v) is 2.50. The van der Waals surface area contributed by atoms with Crippen LogP contribution in [0.15, 0.2) is 0 Å². The third-order valence-electron chi connectivity index (χ3n) is 2.18. The second-order valence-corrected chi connectivity index (χ2v) is 4.42. The number of carbonyl (C=O) groups is 1. The average molecular weight is 266 g/mol. The summed E-state index contributed by atoms with van der Waals surface area (Å²) < 4.78 is 5.21. The molecule has 1 N–H and O–H groups in total. The zero-order valence-electron chi connectivity index (χ0n) is 9.18. The van der Waals surface area contributed by atoms with Crippen LogP contribution in [-0.4, -0.2) is 31.0 Å². The molecule has 1 atom stereocenters. The van der Waals surface area contributed by atoms with E-state index in [1.54, 1.807) is 0 Å². The Hall–Kier alpha value is -0.0900. The maximum absolute atomic E-state index is 11.4. The van der Waals surface area contributed by atoms with Crippen molar-refractivity contribution in [3.8, 4) is 0 Å². The van der Waals surface area contributed by atoms with Gasteiger partial charge in [0.25, 0.3) is 0 Å². The van der Waals surface area contributed by atoms with Gasteiger partial charge in [0, 0.05) is 17.8 Å². The lowest BCUT2D eigenvalue weighted by atomic mass is 9.97. The Balaban J connectivity index is 3.44. The molecule has 0 bridgehead atoms. The topological polar surface area (TPSA) is 38.3 Å². The summed E-state index contributed by atoms with van der Waals surface area (Å²) in [5, 5.41) is 3.68. The highest BCUT2D eigenvalue weighted by molar-refractivity contribution is 9.09. The first kappa shape index (κ1) is 13.9. The van der Waals surface area contributed by atoms with Gasteiger partial charge in [-0.15, -0.1) is 0 Å². The fraction of sp³-hybridized carbons (Fsp3) is 0.900. The largest absolute Gasteiger partial charge is 0.379 e. The maximum atomic E-state index is 11.4. The average Bonchev–Trinajstić information content (AvgIpc) is 2.16. The van der Waals surface area contributed by atoms with Crippen LogP contribution in [-0.2, 0) is 9.53 Å². The van der Waals surface area contributed by atoms with E-state index in [2.05, 4.69) is 21.2 Å². The quantitative estimate of drug-likeness (QED) is 0.563. The van der Waals surface area contributed by atoms with Gasteiger partial charge in [0.15, 0.2) is 0 Å². The van der Waals surface area contributed by atoms with Crippen molar-refractivity contribution in [2.45, 2.75) is 20.8 Å². The minimum atomic E-state index is 0.0752. The number of rotatable bonds is 7. The van der Waals surface area contributed by atoms with Crippen molar-refractivity contribution in [1.29, 1.82) is 0 Å². The Morgan fingerprint density at radius 1 is 1.36 bits per heavy atom. The molecule has 0 aromatic carbocycles. The molecule has 1 amide bonds. The van der Waals surface area contributed by atoms with Gasteiger partial charge in [0.1, 0.15) is 0 Å². The van der Waals surface area contributed by atoms with E-state index in [9.17, 15) is 4.79 Å². The minimum Gasteiger partial charge on any atom is -0.379 e. The Morgan fingerprint density at radius 2 is 2.00 bits per heavy atom. The molecule has 0 spiro atoms. The van der Waals surface area contributed by atoms with Crippen molar-refractivity contribution in [1.82, 2.24) is 5.32 Å². The molecule has 0 aromatic rings. The highest BCUT2D eigenvalue weighted by Gasteiger charge is 2.15. The molecule has 0 aliphatic heterocycles. The van der Waals surface area contributed by atoms with E-state index in [1.165, 1.54) is 0 Å². The molecular formula is C10H20BrNO2. The summed E-state index contributed by atoms with van der Waals surface area (Å²) in [6.07, 6.45) is 0. The summed E-state index contributed by atoms with van der Waals surface area (Å²) in [5.41, 5.74) is 0.